The quantitative estimate of drug-likeness (QED) is 0.841. The highest BCUT2D eigenvalue weighted by molar-refractivity contribution is 6.31. The Hall–Kier alpha value is -1.58. The zero-order valence-electron chi connectivity index (χ0n) is 11.4. The van der Waals surface area contributed by atoms with Gasteiger partial charge in [-0.1, -0.05) is 36.7 Å². The van der Waals surface area contributed by atoms with E-state index in [1.165, 1.54) is 17.7 Å². The van der Waals surface area contributed by atoms with Crippen molar-refractivity contribution in [1.82, 2.24) is 4.90 Å². The number of nitrogens with two attached hydrogens (primary N) is 1. The molecular weight excluding hydrogens is 275 g/mol. The average molecular weight is 293 g/mol. The summed E-state index contributed by atoms with van der Waals surface area (Å²) in [6.45, 7) is 4.48. The van der Waals surface area contributed by atoms with E-state index in [1.807, 2.05) is 24.3 Å². The molecule has 4 heteroatoms. The number of nitrogen functional groups attached to an aromatic ring is 1. The molecule has 106 valence electrons. The first-order valence-corrected chi connectivity index (χ1v) is 6.97. The molecule has 2 aromatic carbocycles. The van der Waals surface area contributed by atoms with Crippen molar-refractivity contribution >= 4 is 17.3 Å². The van der Waals surface area contributed by atoms with Crippen molar-refractivity contribution in [2.75, 3.05) is 12.3 Å². The molecular formula is C16H18ClFN2. The lowest BCUT2D eigenvalue weighted by Crippen LogP contribution is -2.22. The van der Waals surface area contributed by atoms with Gasteiger partial charge < -0.3 is 5.73 Å². The van der Waals surface area contributed by atoms with Crippen LogP contribution in [0.15, 0.2) is 42.5 Å². The number of hydrogen-bond acceptors (Lipinski definition) is 2. The number of benzene rings is 2. The third-order valence-corrected chi connectivity index (χ3v) is 3.59. The predicted octanol–water partition coefficient (Wildman–Crippen LogP) is 4.08. The van der Waals surface area contributed by atoms with Crippen LogP contribution >= 0.6 is 11.6 Å². The van der Waals surface area contributed by atoms with Crippen molar-refractivity contribution in [3.63, 3.8) is 0 Å². The minimum atomic E-state index is -0.305. The Morgan fingerprint density at radius 2 is 1.80 bits per heavy atom. The molecule has 0 aromatic heterocycles. The van der Waals surface area contributed by atoms with E-state index in [2.05, 4.69) is 11.8 Å². The second kappa shape index (κ2) is 6.73. The fraction of sp³-hybridized carbons (Fsp3) is 0.250. The first kappa shape index (κ1) is 14.8. The highest BCUT2D eigenvalue weighted by Crippen LogP contribution is 2.20. The van der Waals surface area contributed by atoms with Crippen molar-refractivity contribution in [2.45, 2.75) is 20.0 Å². The zero-order valence-corrected chi connectivity index (χ0v) is 12.2. The van der Waals surface area contributed by atoms with Gasteiger partial charge in [0.05, 0.1) is 0 Å². The first-order valence-electron chi connectivity index (χ1n) is 6.59. The van der Waals surface area contributed by atoms with E-state index >= 15 is 0 Å². The number of nitrogens with zero attached hydrogens (tertiary/aromatic N) is 1. The fourth-order valence-electron chi connectivity index (χ4n) is 2.05. The van der Waals surface area contributed by atoms with Crippen LogP contribution in [0.3, 0.4) is 0 Å². The smallest absolute Gasteiger partial charge is 0.124 e. The van der Waals surface area contributed by atoms with Gasteiger partial charge in [0, 0.05) is 23.8 Å². The molecule has 0 aliphatic heterocycles. The van der Waals surface area contributed by atoms with Gasteiger partial charge in [-0.15, -0.1) is 0 Å². The molecule has 2 nitrogen and oxygen atoms in total. The molecule has 0 aliphatic carbocycles. The highest BCUT2D eigenvalue weighted by atomic mass is 35.5. The normalized spacial score (nSPS) is 11.0. The molecule has 0 saturated heterocycles. The van der Waals surface area contributed by atoms with Crippen LogP contribution in [0, 0.1) is 5.82 Å². The predicted molar refractivity (Wildman–Crippen MR) is 82.1 cm³/mol. The summed E-state index contributed by atoms with van der Waals surface area (Å²) in [5.74, 6) is -0.305. The molecule has 2 N–H and O–H groups in total. The Labute approximate surface area is 124 Å². The average Bonchev–Trinajstić information content (AvgIpc) is 2.43. The van der Waals surface area contributed by atoms with Crippen molar-refractivity contribution in [3.8, 4) is 0 Å². The maximum Gasteiger partial charge on any atom is 0.124 e. The van der Waals surface area contributed by atoms with Crippen LogP contribution in [0.4, 0.5) is 10.1 Å². The van der Waals surface area contributed by atoms with Gasteiger partial charge in [0.15, 0.2) is 0 Å². The van der Waals surface area contributed by atoms with E-state index in [-0.39, 0.29) is 5.82 Å². The van der Waals surface area contributed by atoms with E-state index < -0.39 is 0 Å². The van der Waals surface area contributed by atoms with Crippen LogP contribution in [0.1, 0.15) is 18.1 Å². The molecule has 2 aromatic rings. The van der Waals surface area contributed by atoms with Crippen LogP contribution in [-0.2, 0) is 13.1 Å². The summed E-state index contributed by atoms with van der Waals surface area (Å²) in [5.41, 5.74) is 8.57. The Kier molecular flexibility index (Phi) is 4.99. The van der Waals surface area contributed by atoms with Gasteiger partial charge in [-0.25, -0.2) is 4.39 Å². The van der Waals surface area contributed by atoms with Crippen LogP contribution in [0.5, 0.6) is 0 Å². The summed E-state index contributed by atoms with van der Waals surface area (Å²) >= 11 is 6.07. The number of rotatable bonds is 5. The standard InChI is InChI=1S/C16H18ClFN2/c1-2-20(10-12-3-7-15(19)8-4-12)11-13-5-6-14(18)9-16(13)17/h3-9H,2,10-11,19H2,1H3. The molecule has 20 heavy (non-hydrogen) atoms. The molecule has 0 fully saturated rings. The van der Waals surface area contributed by atoms with Crippen molar-refractivity contribution in [3.05, 3.63) is 64.4 Å². The molecule has 0 aliphatic rings. The molecule has 0 amide bonds. The minimum Gasteiger partial charge on any atom is -0.399 e. The van der Waals surface area contributed by atoms with Gasteiger partial charge in [0.25, 0.3) is 0 Å². The van der Waals surface area contributed by atoms with E-state index in [0.717, 1.165) is 24.3 Å². The van der Waals surface area contributed by atoms with Gasteiger partial charge >= 0.3 is 0 Å². The summed E-state index contributed by atoms with van der Waals surface area (Å²) in [6.07, 6.45) is 0. The summed E-state index contributed by atoms with van der Waals surface area (Å²) in [5, 5.41) is 0.473. The van der Waals surface area contributed by atoms with Crippen molar-refractivity contribution in [2.24, 2.45) is 0 Å². The molecule has 0 atom stereocenters. The maximum absolute atomic E-state index is 13.0. The molecule has 0 radical (unpaired) electrons. The van der Waals surface area contributed by atoms with Crippen LogP contribution in [-0.4, -0.2) is 11.4 Å². The molecule has 0 spiro atoms. The minimum absolute atomic E-state index is 0.305. The summed E-state index contributed by atoms with van der Waals surface area (Å²) in [4.78, 5) is 2.24. The van der Waals surface area contributed by atoms with Gasteiger partial charge in [-0.3, -0.25) is 4.90 Å². The first-order chi connectivity index (χ1) is 9.58. The third-order valence-electron chi connectivity index (χ3n) is 3.24. The molecule has 0 unspecified atom stereocenters. The molecule has 2 rings (SSSR count). The fourth-order valence-corrected chi connectivity index (χ4v) is 2.28. The van der Waals surface area contributed by atoms with Crippen molar-refractivity contribution < 1.29 is 4.39 Å². The number of halogens is 2. The second-order valence-electron chi connectivity index (χ2n) is 4.78. The van der Waals surface area contributed by atoms with Gasteiger partial charge in [-0.05, 0) is 41.9 Å². The van der Waals surface area contributed by atoms with Gasteiger partial charge in [-0.2, -0.15) is 0 Å². The Morgan fingerprint density at radius 3 is 2.40 bits per heavy atom. The zero-order chi connectivity index (χ0) is 14.5. The maximum atomic E-state index is 13.0. The monoisotopic (exact) mass is 292 g/mol. The lowest BCUT2D eigenvalue weighted by Gasteiger charge is -2.21. The molecule has 0 heterocycles. The van der Waals surface area contributed by atoms with E-state index in [4.69, 9.17) is 17.3 Å². The van der Waals surface area contributed by atoms with E-state index in [1.54, 1.807) is 6.07 Å². The van der Waals surface area contributed by atoms with Gasteiger partial charge in [0.1, 0.15) is 5.82 Å². The summed E-state index contributed by atoms with van der Waals surface area (Å²) < 4.78 is 13.0. The SMILES string of the molecule is CCN(Cc1ccc(N)cc1)Cc1ccc(F)cc1Cl. The lowest BCUT2D eigenvalue weighted by molar-refractivity contribution is 0.271. The number of hydrogen-bond donors (Lipinski definition) is 1. The van der Waals surface area contributed by atoms with E-state index in [9.17, 15) is 4.39 Å². The number of anilines is 1. The largest absolute Gasteiger partial charge is 0.399 e. The van der Waals surface area contributed by atoms with Crippen molar-refractivity contribution in [1.29, 1.82) is 0 Å². The van der Waals surface area contributed by atoms with Crippen LogP contribution in [0.25, 0.3) is 0 Å². The summed E-state index contributed by atoms with van der Waals surface area (Å²) in [6, 6.07) is 12.4. The highest BCUT2D eigenvalue weighted by Gasteiger charge is 2.08. The summed E-state index contributed by atoms with van der Waals surface area (Å²) in [7, 11) is 0. The lowest BCUT2D eigenvalue weighted by atomic mass is 10.1. The van der Waals surface area contributed by atoms with Crippen LogP contribution in [0.2, 0.25) is 5.02 Å². The van der Waals surface area contributed by atoms with E-state index in [0.29, 0.717) is 11.6 Å². The van der Waals surface area contributed by atoms with Gasteiger partial charge in [0.2, 0.25) is 0 Å². The Morgan fingerprint density at radius 1 is 1.10 bits per heavy atom. The Bertz CT molecular complexity index is 569. The molecule has 0 bridgehead atoms. The second-order valence-corrected chi connectivity index (χ2v) is 5.19. The third kappa shape index (κ3) is 3.95. The molecule has 0 saturated carbocycles. The van der Waals surface area contributed by atoms with Crippen LogP contribution < -0.4 is 5.73 Å². The topological polar surface area (TPSA) is 29.3 Å². The Balaban J connectivity index is 2.07.